The van der Waals surface area contributed by atoms with Crippen molar-refractivity contribution >= 4 is 25.7 Å². The van der Waals surface area contributed by atoms with Crippen molar-refractivity contribution in [2.45, 2.75) is 97.2 Å². The second-order valence-corrected chi connectivity index (χ2v) is 17.4. The molecule has 4 nitrogen and oxygen atoms in total. The summed E-state index contributed by atoms with van der Waals surface area (Å²) in [6.45, 7) is 14.1. The van der Waals surface area contributed by atoms with Crippen LogP contribution >= 0.6 is 0 Å². The number of fused-ring (bicyclic) bond motifs is 5. The van der Waals surface area contributed by atoms with E-state index in [-0.39, 0.29) is 39.3 Å². The number of ketones is 3. The molecule has 0 aliphatic heterocycles. The number of carbonyl (C=O) groups is 3. The normalized spacial score (nSPS) is 42.0. The van der Waals surface area contributed by atoms with Gasteiger partial charge in [0.25, 0.3) is 0 Å². The van der Waals surface area contributed by atoms with Crippen molar-refractivity contribution < 1.29 is 18.8 Å². The fourth-order valence-electron chi connectivity index (χ4n) is 7.20. The molecule has 4 rings (SSSR count). The van der Waals surface area contributed by atoms with E-state index in [1.54, 1.807) is 0 Å². The van der Waals surface area contributed by atoms with Gasteiger partial charge in [0.15, 0.2) is 8.32 Å². The zero-order valence-electron chi connectivity index (χ0n) is 19.8. The lowest BCUT2D eigenvalue weighted by Gasteiger charge is -2.60. The molecule has 5 heteroatoms. The van der Waals surface area contributed by atoms with Crippen LogP contribution in [0.15, 0.2) is 0 Å². The van der Waals surface area contributed by atoms with Gasteiger partial charge in [-0.15, -0.1) is 0 Å². The quantitative estimate of drug-likeness (QED) is 0.564. The molecule has 0 spiro atoms. The van der Waals surface area contributed by atoms with Crippen LogP contribution in [0.3, 0.4) is 0 Å². The highest BCUT2D eigenvalue weighted by molar-refractivity contribution is 6.74. The van der Waals surface area contributed by atoms with Gasteiger partial charge in [0.05, 0.1) is 0 Å². The Morgan fingerprint density at radius 1 is 1.00 bits per heavy atom. The maximum Gasteiger partial charge on any atom is 0.192 e. The van der Waals surface area contributed by atoms with Crippen molar-refractivity contribution in [2.24, 2.45) is 34.5 Å². The topological polar surface area (TPSA) is 60.4 Å². The molecule has 0 aromatic heterocycles. The van der Waals surface area contributed by atoms with Gasteiger partial charge in [0, 0.05) is 49.0 Å². The van der Waals surface area contributed by atoms with Crippen molar-refractivity contribution in [3.63, 3.8) is 0 Å². The Labute approximate surface area is 183 Å². The predicted molar refractivity (Wildman–Crippen MR) is 120 cm³/mol. The average molecular weight is 433 g/mol. The van der Waals surface area contributed by atoms with E-state index in [1.807, 2.05) is 0 Å². The Kier molecular flexibility index (Phi) is 5.29. The molecule has 0 aromatic rings. The molecule has 0 amide bonds. The van der Waals surface area contributed by atoms with Crippen molar-refractivity contribution in [1.82, 2.24) is 0 Å². The third-order valence-corrected chi connectivity index (χ3v) is 14.7. The SMILES string of the molecule is CC12CCC3C(CC(=O)C4CC(=O)CCC43CO[Si](C)(C)C(C)(C)C)C1CCC2=O. The molecular weight excluding hydrogens is 392 g/mol. The van der Waals surface area contributed by atoms with Crippen LogP contribution in [0.4, 0.5) is 0 Å². The summed E-state index contributed by atoms with van der Waals surface area (Å²) in [5, 5.41) is 0.116. The summed E-state index contributed by atoms with van der Waals surface area (Å²) in [4.78, 5) is 38.5. The monoisotopic (exact) mass is 432 g/mol. The minimum atomic E-state index is -1.97. The Hall–Kier alpha value is -0.813. The molecular formula is C25H40O4Si. The minimum Gasteiger partial charge on any atom is -0.416 e. The third kappa shape index (κ3) is 3.21. The van der Waals surface area contributed by atoms with Crippen LogP contribution in [0.2, 0.25) is 18.1 Å². The molecule has 0 bridgehead atoms. The highest BCUT2D eigenvalue weighted by atomic mass is 28.4. The van der Waals surface area contributed by atoms with Gasteiger partial charge in [-0.3, -0.25) is 14.4 Å². The molecule has 4 fully saturated rings. The molecule has 6 atom stereocenters. The smallest absolute Gasteiger partial charge is 0.192 e. The van der Waals surface area contributed by atoms with Crippen LogP contribution in [-0.2, 0) is 18.8 Å². The molecule has 0 saturated heterocycles. The standard InChI is InChI=1S/C25H40O4Si/c1-23(2,3)30(5,6)29-15-25-12-9-16(26)13-20(25)21(27)14-17-18-7-8-22(28)24(18,4)11-10-19(17)25/h17-20H,7-15H2,1-6H3. The van der Waals surface area contributed by atoms with Gasteiger partial charge in [0.2, 0.25) is 0 Å². The summed E-state index contributed by atoms with van der Waals surface area (Å²) in [5.41, 5.74) is -0.448. The Morgan fingerprint density at radius 3 is 2.37 bits per heavy atom. The minimum absolute atomic E-state index is 0.116. The van der Waals surface area contributed by atoms with Crippen LogP contribution < -0.4 is 0 Å². The number of Topliss-reactive ketones (excluding diaryl/α,β-unsaturated/α-hetero) is 3. The summed E-state index contributed by atoms with van der Waals surface area (Å²) in [5.74, 6) is 1.77. The molecule has 0 N–H and O–H groups in total. The van der Waals surface area contributed by atoms with E-state index in [0.29, 0.717) is 49.9 Å². The largest absolute Gasteiger partial charge is 0.416 e. The number of rotatable bonds is 3. The summed E-state index contributed by atoms with van der Waals surface area (Å²) >= 11 is 0. The molecule has 4 aliphatic rings. The summed E-state index contributed by atoms with van der Waals surface area (Å²) in [6.07, 6.45) is 5.89. The van der Waals surface area contributed by atoms with Gasteiger partial charge in [-0.2, -0.15) is 0 Å². The zero-order valence-corrected chi connectivity index (χ0v) is 20.8. The van der Waals surface area contributed by atoms with E-state index in [0.717, 1.165) is 25.7 Å². The second kappa shape index (κ2) is 7.10. The Morgan fingerprint density at radius 2 is 1.70 bits per heavy atom. The van der Waals surface area contributed by atoms with Crippen molar-refractivity contribution in [2.75, 3.05) is 6.61 Å². The molecule has 4 saturated carbocycles. The summed E-state index contributed by atoms with van der Waals surface area (Å²) < 4.78 is 6.79. The predicted octanol–water partition coefficient (Wildman–Crippen LogP) is 5.35. The lowest BCUT2D eigenvalue weighted by molar-refractivity contribution is -0.167. The van der Waals surface area contributed by atoms with Gasteiger partial charge in [0.1, 0.15) is 17.3 Å². The zero-order chi connectivity index (χ0) is 22.1. The first-order valence-corrected chi connectivity index (χ1v) is 14.9. The van der Waals surface area contributed by atoms with E-state index in [1.165, 1.54) is 0 Å². The molecule has 168 valence electrons. The average Bonchev–Trinajstić information content (AvgIpc) is 2.95. The fraction of sp³-hybridized carbons (Fsp3) is 0.880. The molecule has 0 radical (unpaired) electrons. The van der Waals surface area contributed by atoms with E-state index in [9.17, 15) is 14.4 Å². The maximum absolute atomic E-state index is 13.4. The van der Waals surface area contributed by atoms with Crippen LogP contribution in [0, 0.1) is 34.5 Å². The van der Waals surface area contributed by atoms with Crippen LogP contribution in [-0.4, -0.2) is 32.3 Å². The second-order valence-electron chi connectivity index (χ2n) is 12.5. The first-order valence-electron chi connectivity index (χ1n) is 12.0. The van der Waals surface area contributed by atoms with E-state index in [2.05, 4.69) is 40.8 Å². The third-order valence-electron chi connectivity index (χ3n) is 10.2. The van der Waals surface area contributed by atoms with E-state index >= 15 is 0 Å². The molecule has 30 heavy (non-hydrogen) atoms. The molecule has 6 unspecified atom stereocenters. The van der Waals surface area contributed by atoms with Gasteiger partial charge < -0.3 is 4.43 Å². The number of hydrogen-bond acceptors (Lipinski definition) is 4. The molecule has 0 aromatic carbocycles. The molecule has 0 heterocycles. The highest BCUT2D eigenvalue weighted by Crippen LogP contribution is 2.64. The van der Waals surface area contributed by atoms with Gasteiger partial charge in [-0.05, 0) is 61.6 Å². The highest BCUT2D eigenvalue weighted by Gasteiger charge is 2.64. The lowest BCUT2D eigenvalue weighted by atomic mass is 9.44. The van der Waals surface area contributed by atoms with Crippen molar-refractivity contribution in [3.05, 3.63) is 0 Å². The van der Waals surface area contributed by atoms with Crippen LogP contribution in [0.25, 0.3) is 0 Å². The summed E-state index contributed by atoms with van der Waals surface area (Å²) in [6, 6.07) is 0. The van der Waals surface area contributed by atoms with Gasteiger partial charge in [-0.1, -0.05) is 27.7 Å². The van der Waals surface area contributed by atoms with Gasteiger partial charge in [-0.25, -0.2) is 0 Å². The van der Waals surface area contributed by atoms with E-state index in [4.69, 9.17) is 4.43 Å². The van der Waals surface area contributed by atoms with Crippen molar-refractivity contribution in [1.29, 1.82) is 0 Å². The lowest BCUT2D eigenvalue weighted by Crippen LogP contribution is -2.60. The number of carbonyl (C=O) groups excluding carboxylic acids is 3. The fourth-order valence-corrected chi connectivity index (χ4v) is 8.26. The summed E-state index contributed by atoms with van der Waals surface area (Å²) in [7, 11) is -1.97. The maximum atomic E-state index is 13.4. The van der Waals surface area contributed by atoms with Crippen LogP contribution in [0.1, 0.15) is 79.1 Å². The van der Waals surface area contributed by atoms with E-state index < -0.39 is 8.32 Å². The molecule has 4 aliphatic carbocycles. The van der Waals surface area contributed by atoms with Gasteiger partial charge >= 0.3 is 0 Å². The first-order chi connectivity index (χ1) is 13.8. The number of hydrogen-bond donors (Lipinski definition) is 0. The van der Waals surface area contributed by atoms with Crippen molar-refractivity contribution in [3.8, 4) is 0 Å². The Balaban J connectivity index is 1.70. The Bertz CT molecular complexity index is 766. The van der Waals surface area contributed by atoms with Crippen LogP contribution in [0.5, 0.6) is 0 Å². The first kappa shape index (κ1) is 22.4.